The number of benzene rings is 3. The number of ether oxygens (including phenoxy) is 1. The SMILES string of the molecule is COC(=O)CC[C@H](C)c1ccc(C(Nc2ccc3cc[nH]c(=O)c3c2)C(=O)N(C)Cc2cc([N+](=O)[O-])ccc2CO)cc1C. The first-order valence-electron chi connectivity index (χ1n) is 14.2. The summed E-state index contributed by atoms with van der Waals surface area (Å²) in [5, 5.41) is 25.7. The Labute approximate surface area is 254 Å². The molecule has 4 aromatic rings. The lowest BCUT2D eigenvalue weighted by Gasteiger charge is -2.27. The predicted octanol–water partition coefficient (Wildman–Crippen LogP) is 5.11. The van der Waals surface area contributed by atoms with Gasteiger partial charge in [-0.3, -0.25) is 24.5 Å². The van der Waals surface area contributed by atoms with Gasteiger partial charge in [0.2, 0.25) is 5.91 Å². The van der Waals surface area contributed by atoms with Crippen LogP contribution in [0.4, 0.5) is 11.4 Å². The summed E-state index contributed by atoms with van der Waals surface area (Å²) in [5.74, 6) is -0.523. The molecule has 1 unspecified atom stereocenters. The van der Waals surface area contributed by atoms with Crippen molar-refractivity contribution in [2.75, 3.05) is 19.5 Å². The molecule has 0 aliphatic heterocycles. The topological polar surface area (TPSA) is 155 Å². The number of nitro benzene ring substituents is 1. The van der Waals surface area contributed by atoms with Gasteiger partial charge in [-0.25, -0.2) is 0 Å². The van der Waals surface area contributed by atoms with E-state index in [9.17, 15) is 29.6 Å². The van der Waals surface area contributed by atoms with E-state index in [0.717, 1.165) is 16.5 Å². The molecule has 0 spiro atoms. The summed E-state index contributed by atoms with van der Waals surface area (Å²) in [6.07, 6.45) is 2.48. The highest BCUT2D eigenvalue weighted by Crippen LogP contribution is 2.30. The maximum absolute atomic E-state index is 14.1. The number of aliphatic hydroxyl groups is 1. The van der Waals surface area contributed by atoms with Gasteiger partial charge in [0, 0.05) is 49.4 Å². The van der Waals surface area contributed by atoms with E-state index in [2.05, 4.69) is 10.3 Å². The number of non-ortho nitro benzene ring substituents is 1. The fourth-order valence-corrected chi connectivity index (χ4v) is 5.33. The van der Waals surface area contributed by atoms with E-state index in [1.165, 1.54) is 30.2 Å². The number of hydrogen-bond donors (Lipinski definition) is 3. The van der Waals surface area contributed by atoms with Gasteiger partial charge < -0.3 is 25.0 Å². The van der Waals surface area contributed by atoms with Crippen molar-refractivity contribution in [1.29, 1.82) is 0 Å². The number of nitro groups is 1. The van der Waals surface area contributed by atoms with Gasteiger partial charge >= 0.3 is 5.97 Å². The number of amides is 1. The van der Waals surface area contributed by atoms with E-state index < -0.39 is 11.0 Å². The Morgan fingerprint density at radius 2 is 1.86 bits per heavy atom. The van der Waals surface area contributed by atoms with Gasteiger partial charge in [-0.2, -0.15) is 0 Å². The molecule has 3 aromatic carbocycles. The minimum Gasteiger partial charge on any atom is -0.469 e. The second-order valence-electron chi connectivity index (χ2n) is 10.9. The third-order valence-electron chi connectivity index (χ3n) is 7.86. The molecule has 11 nitrogen and oxygen atoms in total. The average molecular weight is 601 g/mol. The van der Waals surface area contributed by atoms with Crippen LogP contribution in [0.2, 0.25) is 0 Å². The number of H-pyrrole nitrogens is 1. The smallest absolute Gasteiger partial charge is 0.305 e. The van der Waals surface area contributed by atoms with Crippen LogP contribution in [0.5, 0.6) is 0 Å². The fraction of sp³-hybridized carbons (Fsp3) is 0.303. The highest BCUT2D eigenvalue weighted by Gasteiger charge is 2.26. The van der Waals surface area contributed by atoms with Crippen molar-refractivity contribution in [3.63, 3.8) is 0 Å². The number of aromatic amines is 1. The number of rotatable bonds is 12. The van der Waals surface area contributed by atoms with Crippen LogP contribution in [-0.2, 0) is 27.5 Å². The van der Waals surface area contributed by atoms with Crippen LogP contribution in [0.1, 0.15) is 59.5 Å². The number of fused-ring (bicyclic) bond motifs is 1. The van der Waals surface area contributed by atoms with E-state index in [1.54, 1.807) is 37.5 Å². The molecule has 11 heteroatoms. The molecule has 44 heavy (non-hydrogen) atoms. The Hall–Kier alpha value is -5.03. The Kier molecular flexibility index (Phi) is 10.1. The lowest BCUT2D eigenvalue weighted by molar-refractivity contribution is -0.384. The zero-order valence-corrected chi connectivity index (χ0v) is 25.1. The van der Waals surface area contributed by atoms with Crippen LogP contribution in [0.3, 0.4) is 0 Å². The summed E-state index contributed by atoms with van der Waals surface area (Å²) in [6.45, 7) is 3.67. The third-order valence-corrected chi connectivity index (χ3v) is 7.86. The van der Waals surface area contributed by atoms with E-state index >= 15 is 0 Å². The zero-order chi connectivity index (χ0) is 32.0. The fourth-order valence-electron chi connectivity index (χ4n) is 5.33. The number of nitrogens with one attached hydrogen (secondary N) is 2. The molecule has 0 fully saturated rings. The zero-order valence-electron chi connectivity index (χ0n) is 25.1. The van der Waals surface area contributed by atoms with Crippen molar-refractivity contribution in [3.8, 4) is 0 Å². The minimum absolute atomic E-state index is 0.0214. The van der Waals surface area contributed by atoms with Crippen LogP contribution in [0, 0.1) is 17.0 Å². The molecular weight excluding hydrogens is 564 g/mol. The number of aryl methyl sites for hydroxylation is 1. The number of esters is 1. The molecule has 230 valence electrons. The summed E-state index contributed by atoms with van der Waals surface area (Å²) in [6, 6.07) is 16.1. The van der Waals surface area contributed by atoms with Gasteiger partial charge in [0.1, 0.15) is 6.04 Å². The molecule has 0 bridgehead atoms. The molecule has 2 atom stereocenters. The largest absolute Gasteiger partial charge is 0.469 e. The summed E-state index contributed by atoms with van der Waals surface area (Å²) in [4.78, 5) is 53.2. The first-order chi connectivity index (χ1) is 21.0. The monoisotopic (exact) mass is 600 g/mol. The number of aromatic nitrogens is 1. The number of methoxy groups -OCH3 is 1. The van der Waals surface area contributed by atoms with Gasteiger partial charge in [0.05, 0.1) is 18.6 Å². The Morgan fingerprint density at radius 3 is 2.55 bits per heavy atom. The maximum atomic E-state index is 14.1. The molecule has 1 amide bonds. The number of hydrogen-bond acceptors (Lipinski definition) is 8. The summed E-state index contributed by atoms with van der Waals surface area (Å²) >= 11 is 0. The van der Waals surface area contributed by atoms with Gasteiger partial charge in [-0.15, -0.1) is 0 Å². The number of aliphatic hydroxyl groups excluding tert-OH is 1. The molecule has 0 saturated heterocycles. The third kappa shape index (κ3) is 7.30. The molecule has 1 aromatic heterocycles. The van der Waals surface area contributed by atoms with Crippen molar-refractivity contribution < 1.29 is 24.4 Å². The Bertz CT molecular complexity index is 1750. The Morgan fingerprint density at radius 1 is 1.09 bits per heavy atom. The highest BCUT2D eigenvalue weighted by molar-refractivity contribution is 5.89. The quantitative estimate of drug-likeness (QED) is 0.115. The van der Waals surface area contributed by atoms with Gasteiger partial charge in [-0.05, 0) is 76.7 Å². The van der Waals surface area contributed by atoms with Crippen molar-refractivity contribution in [2.24, 2.45) is 0 Å². The van der Waals surface area contributed by atoms with E-state index in [-0.39, 0.29) is 42.2 Å². The number of carbonyl (C=O) groups is 2. The lowest BCUT2D eigenvalue weighted by Crippen LogP contribution is -2.35. The first-order valence-corrected chi connectivity index (χ1v) is 14.2. The molecular formula is C33H36N4O7. The Balaban J connectivity index is 1.69. The minimum atomic E-state index is -0.880. The predicted molar refractivity (Wildman–Crippen MR) is 167 cm³/mol. The number of nitrogens with zero attached hydrogens (tertiary/aromatic N) is 2. The number of likely N-dealkylation sites (N-methyl/N-ethyl adjacent to an activating group) is 1. The molecule has 1 heterocycles. The second kappa shape index (κ2) is 14.0. The van der Waals surface area contributed by atoms with E-state index in [4.69, 9.17) is 4.74 Å². The van der Waals surface area contributed by atoms with Gasteiger partial charge in [-0.1, -0.05) is 31.2 Å². The van der Waals surface area contributed by atoms with Crippen molar-refractivity contribution in [1.82, 2.24) is 9.88 Å². The van der Waals surface area contributed by atoms with Crippen LogP contribution in [-0.4, -0.2) is 45.9 Å². The number of pyridine rings is 1. The lowest BCUT2D eigenvalue weighted by atomic mass is 9.90. The van der Waals surface area contributed by atoms with Crippen LogP contribution in [0.25, 0.3) is 10.8 Å². The molecule has 0 saturated carbocycles. The average Bonchev–Trinajstić information content (AvgIpc) is 3.02. The van der Waals surface area contributed by atoms with Gasteiger partial charge in [0.15, 0.2) is 0 Å². The highest BCUT2D eigenvalue weighted by atomic mass is 16.6. The molecule has 0 radical (unpaired) electrons. The second-order valence-corrected chi connectivity index (χ2v) is 10.9. The van der Waals surface area contributed by atoms with Crippen LogP contribution in [0.15, 0.2) is 71.7 Å². The van der Waals surface area contributed by atoms with Crippen LogP contribution >= 0.6 is 0 Å². The number of anilines is 1. The summed E-state index contributed by atoms with van der Waals surface area (Å²) in [7, 11) is 2.96. The number of carbonyl (C=O) groups excluding carboxylic acids is 2. The maximum Gasteiger partial charge on any atom is 0.305 e. The molecule has 3 N–H and O–H groups in total. The standard InChI is InChI=1S/C33H36N4O7/c1-20(5-12-30(39)44-4)28-11-8-23(15-21(28)2)31(35-26-9-6-22-13-14-34-32(40)29(22)17-26)33(41)36(3)18-25-16-27(37(42)43)10-7-24(25)19-38/h6-11,13-17,20,31,35,38H,5,12,18-19H2,1-4H3,(H,34,40)/t20-,31?/m0/s1. The molecule has 4 rings (SSSR count). The summed E-state index contributed by atoms with van der Waals surface area (Å²) < 4.78 is 4.77. The van der Waals surface area contributed by atoms with Gasteiger partial charge in [0.25, 0.3) is 11.2 Å². The van der Waals surface area contributed by atoms with Crippen molar-refractivity contribution in [2.45, 2.75) is 51.8 Å². The normalized spacial score (nSPS) is 12.4. The van der Waals surface area contributed by atoms with Crippen molar-refractivity contribution in [3.05, 3.63) is 115 Å². The van der Waals surface area contributed by atoms with Crippen LogP contribution < -0.4 is 10.9 Å². The van der Waals surface area contributed by atoms with E-state index in [0.29, 0.717) is 40.6 Å². The first kappa shape index (κ1) is 31.9. The molecule has 0 aliphatic carbocycles. The molecule has 0 aliphatic rings. The van der Waals surface area contributed by atoms with E-state index in [1.807, 2.05) is 32.0 Å². The van der Waals surface area contributed by atoms with Crippen molar-refractivity contribution >= 4 is 34.0 Å². The summed E-state index contributed by atoms with van der Waals surface area (Å²) in [5.41, 5.74) is 3.76.